The summed E-state index contributed by atoms with van der Waals surface area (Å²) < 4.78 is 0. The number of piperidine rings is 1. The Kier molecular flexibility index (Phi) is 8.01. The summed E-state index contributed by atoms with van der Waals surface area (Å²) in [4.78, 5) is 15.2. The number of aryl methyl sites for hydroxylation is 2. The fourth-order valence-electron chi connectivity index (χ4n) is 5.32. The number of carbonyl (C=O) groups excluding carboxylic acids is 1. The Bertz CT molecular complexity index is 965. The highest BCUT2D eigenvalue weighted by molar-refractivity contribution is 5.76. The van der Waals surface area contributed by atoms with E-state index in [4.69, 9.17) is 5.26 Å². The predicted molar refractivity (Wildman–Crippen MR) is 133 cm³/mol. The number of nitriles is 1. The van der Waals surface area contributed by atoms with Gasteiger partial charge < -0.3 is 15.5 Å². The molecule has 1 saturated carbocycles. The van der Waals surface area contributed by atoms with Gasteiger partial charge in [0.15, 0.2) is 0 Å². The van der Waals surface area contributed by atoms with E-state index in [1.807, 2.05) is 24.3 Å². The van der Waals surface area contributed by atoms with Crippen LogP contribution in [0.15, 0.2) is 48.5 Å². The highest BCUT2D eigenvalue weighted by Crippen LogP contribution is 2.24. The molecule has 2 fully saturated rings. The van der Waals surface area contributed by atoms with Gasteiger partial charge in [0, 0.05) is 43.3 Å². The molecule has 4 rings (SSSR count). The third-order valence-corrected chi connectivity index (χ3v) is 7.23. The lowest BCUT2D eigenvalue weighted by Gasteiger charge is -2.40. The summed E-state index contributed by atoms with van der Waals surface area (Å²) in [5.41, 5.74) is 4.40. The molecule has 0 bridgehead atoms. The Labute approximate surface area is 198 Å². The molecule has 5 nitrogen and oxygen atoms in total. The van der Waals surface area contributed by atoms with E-state index in [0.29, 0.717) is 24.1 Å². The van der Waals surface area contributed by atoms with E-state index in [-0.39, 0.29) is 11.9 Å². The SMILES string of the molecule is Cc1ccccc1CCC(=O)N[C@@H]1CCCC[C@H]1N[C@H]1CCCN(c2ccc(C#N)cc2)C1. The fraction of sp³-hybridized carbons (Fsp3) is 0.500. The van der Waals surface area contributed by atoms with Gasteiger partial charge in [-0.05, 0) is 74.4 Å². The number of benzene rings is 2. The van der Waals surface area contributed by atoms with Crippen LogP contribution in [-0.4, -0.2) is 37.1 Å². The molecule has 3 atom stereocenters. The Balaban J connectivity index is 1.30. The summed E-state index contributed by atoms with van der Waals surface area (Å²) in [5, 5.41) is 16.3. The maximum Gasteiger partial charge on any atom is 0.220 e. The quantitative estimate of drug-likeness (QED) is 0.660. The van der Waals surface area contributed by atoms with E-state index < -0.39 is 0 Å². The minimum atomic E-state index is 0.166. The number of hydrogen-bond acceptors (Lipinski definition) is 4. The molecule has 1 heterocycles. The molecule has 2 aromatic rings. The van der Waals surface area contributed by atoms with Crippen LogP contribution in [0.5, 0.6) is 0 Å². The average Bonchev–Trinajstić information content (AvgIpc) is 2.85. The monoisotopic (exact) mass is 444 g/mol. The van der Waals surface area contributed by atoms with Crippen LogP contribution >= 0.6 is 0 Å². The molecular formula is C28H36N4O. The minimum absolute atomic E-state index is 0.166. The molecule has 1 aliphatic carbocycles. The van der Waals surface area contributed by atoms with Crippen molar-refractivity contribution in [2.24, 2.45) is 0 Å². The van der Waals surface area contributed by atoms with Crippen LogP contribution in [0.4, 0.5) is 5.69 Å². The Hall–Kier alpha value is -2.84. The van der Waals surface area contributed by atoms with Crippen molar-refractivity contribution in [3.63, 3.8) is 0 Å². The second-order valence-corrected chi connectivity index (χ2v) is 9.60. The zero-order valence-electron chi connectivity index (χ0n) is 19.7. The van der Waals surface area contributed by atoms with Gasteiger partial charge in [-0.25, -0.2) is 0 Å². The normalized spacial score (nSPS) is 23.0. The largest absolute Gasteiger partial charge is 0.370 e. The van der Waals surface area contributed by atoms with E-state index >= 15 is 0 Å². The lowest BCUT2D eigenvalue weighted by molar-refractivity contribution is -0.122. The molecule has 0 aromatic heterocycles. The van der Waals surface area contributed by atoms with Gasteiger partial charge in [-0.2, -0.15) is 5.26 Å². The van der Waals surface area contributed by atoms with E-state index in [1.165, 1.54) is 29.7 Å². The van der Waals surface area contributed by atoms with Crippen molar-refractivity contribution in [2.45, 2.75) is 76.4 Å². The number of hydrogen-bond donors (Lipinski definition) is 2. The second kappa shape index (κ2) is 11.3. The van der Waals surface area contributed by atoms with Crippen LogP contribution in [0.2, 0.25) is 0 Å². The third kappa shape index (κ3) is 6.36. The second-order valence-electron chi connectivity index (χ2n) is 9.60. The summed E-state index contributed by atoms with van der Waals surface area (Å²) in [7, 11) is 0. The Morgan fingerprint density at radius 2 is 1.79 bits per heavy atom. The van der Waals surface area contributed by atoms with Crippen LogP contribution in [0.25, 0.3) is 0 Å². The lowest BCUT2D eigenvalue weighted by atomic mass is 9.88. The standard InChI is InChI=1S/C28H36N4O/c1-21-7-2-3-8-23(21)14-17-28(33)31-27-11-5-4-10-26(27)30-24-9-6-18-32(20-24)25-15-12-22(19-29)13-16-25/h2-3,7-8,12-13,15-16,24,26-27,30H,4-6,9-11,14,17-18,20H2,1H3,(H,31,33)/t24-,26+,27+/m0/s1. The van der Waals surface area contributed by atoms with E-state index in [1.54, 1.807) is 0 Å². The molecule has 2 aliphatic rings. The molecule has 1 amide bonds. The van der Waals surface area contributed by atoms with Gasteiger partial charge in [0.05, 0.1) is 11.6 Å². The third-order valence-electron chi connectivity index (χ3n) is 7.23. The molecule has 1 saturated heterocycles. The molecule has 2 aromatic carbocycles. The molecule has 2 N–H and O–H groups in total. The van der Waals surface area contributed by atoms with E-state index in [0.717, 1.165) is 45.2 Å². The van der Waals surface area contributed by atoms with Crippen LogP contribution in [0, 0.1) is 18.3 Å². The van der Waals surface area contributed by atoms with Gasteiger partial charge in [0.1, 0.15) is 0 Å². The molecule has 0 spiro atoms. The zero-order valence-corrected chi connectivity index (χ0v) is 19.7. The molecule has 33 heavy (non-hydrogen) atoms. The maximum absolute atomic E-state index is 12.8. The molecular weight excluding hydrogens is 408 g/mol. The summed E-state index contributed by atoms with van der Waals surface area (Å²) in [6, 6.07) is 19.4. The first-order valence-electron chi connectivity index (χ1n) is 12.5. The van der Waals surface area contributed by atoms with Crippen LogP contribution in [0.1, 0.15) is 61.6 Å². The lowest BCUT2D eigenvalue weighted by Crippen LogP contribution is -2.57. The van der Waals surface area contributed by atoms with Crippen molar-refractivity contribution < 1.29 is 4.79 Å². The summed E-state index contributed by atoms with van der Waals surface area (Å²) in [6.45, 7) is 4.13. The topological polar surface area (TPSA) is 68.2 Å². The van der Waals surface area contributed by atoms with Gasteiger partial charge in [-0.1, -0.05) is 37.1 Å². The van der Waals surface area contributed by atoms with Gasteiger partial charge in [-0.15, -0.1) is 0 Å². The molecule has 0 radical (unpaired) electrons. The summed E-state index contributed by atoms with van der Waals surface area (Å²) >= 11 is 0. The Morgan fingerprint density at radius 1 is 1.03 bits per heavy atom. The number of carbonyl (C=O) groups is 1. The van der Waals surface area contributed by atoms with Crippen molar-refractivity contribution in [3.05, 3.63) is 65.2 Å². The maximum atomic E-state index is 12.8. The van der Waals surface area contributed by atoms with Crippen LogP contribution < -0.4 is 15.5 Å². The predicted octanol–water partition coefficient (Wildman–Crippen LogP) is 4.49. The minimum Gasteiger partial charge on any atom is -0.370 e. The average molecular weight is 445 g/mol. The van der Waals surface area contributed by atoms with Crippen LogP contribution in [0.3, 0.4) is 0 Å². The summed E-state index contributed by atoms with van der Waals surface area (Å²) in [5.74, 6) is 0.166. The highest BCUT2D eigenvalue weighted by atomic mass is 16.1. The first-order valence-corrected chi connectivity index (χ1v) is 12.5. The molecule has 0 unspecified atom stereocenters. The van der Waals surface area contributed by atoms with Crippen molar-refractivity contribution in [1.82, 2.24) is 10.6 Å². The van der Waals surface area contributed by atoms with Gasteiger partial charge in [-0.3, -0.25) is 4.79 Å². The number of anilines is 1. The zero-order chi connectivity index (χ0) is 23.0. The van der Waals surface area contributed by atoms with Gasteiger partial charge >= 0.3 is 0 Å². The van der Waals surface area contributed by atoms with Crippen molar-refractivity contribution in [2.75, 3.05) is 18.0 Å². The number of amides is 1. The Morgan fingerprint density at radius 3 is 2.55 bits per heavy atom. The van der Waals surface area contributed by atoms with Crippen molar-refractivity contribution >= 4 is 11.6 Å². The van der Waals surface area contributed by atoms with Gasteiger partial charge in [0.25, 0.3) is 0 Å². The first kappa shape index (κ1) is 23.3. The van der Waals surface area contributed by atoms with E-state index in [2.05, 4.69) is 52.8 Å². The number of rotatable bonds is 7. The first-order chi connectivity index (χ1) is 16.1. The number of nitrogens with zero attached hydrogens (tertiary/aromatic N) is 2. The highest BCUT2D eigenvalue weighted by Gasteiger charge is 2.30. The number of nitrogens with one attached hydrogen (secondary N) is 2. The molecule has 1 aliphatic heterocycles. The molecule has 5 heteroatoms. The fourth-order valence-corrected chi connectivity index (χ4v) is 5.32. The van der Waals surface area contributed by atoms with Crippen molar-refractivity contribution in [3.8, 4) is 6.07 Å². The summed E-state index contributed by atoms with van der Waals surface area (Å²) in [6.07, 6.45) is 8.24. The van der Waals surface area contributed by atoms with E-state index in [9.17, 15) is 4.79 Å². The van der Waals surface area contributed by atoms with Crippen LogP contribution in [-0.2, 0) is 11.2 Å². The molecule has 174 valence electrons. The smallest absolute Gasteiger partial charge is 0.220 e. The van der Waals surface area contributed by atoms with Gasteiger partial charge in [0.2, 0.25) is 5.91 Å². The van der Waals surface area contributed by atoms with Crippen molar-refractivity contribution in [1.29, 1.82) is 5.26 Å².